The van der Waals surface area contributed by atoms with E-state index in [1.165, 1.54) is 0 Å². The highest BCUT2D eigenvalue weighted by atomic mass is 16.5. The van der Waals surface area contributed by atoms with Crippen LogP contribution in [0, 0.1) is 0 Å². The number of para-hydroxylation sites is 3. The second kappa shape index (κ2) is 11.6. The molecule has 6 nitrogen and oxygen atoms in total. The number of hydrogen-bond acceptors (Lipinski definition) is 4. The van der Waals surface area contributed by atoms with Gasteiger partial charge in [-0.3, -0.25) is 9.59 Å². The van der Waals surface area contributed by atoms with Crippen molar-refractivity contribution in [2.75, 3.05) is 25.1 Å². The highest BCUT2D eigenvalue weighted by Gasteiger charge is 2.10. The first-order valence-corrected chi connectivity index (χ1v) is 9.15. The van der Waals surface area contributed by atoms with Gasteiger partial charge in [-0.05, 0) is 30.7 Å². The molecule has 0 saturated heterocycles. The Morgan fingerprint density at radius 3 is 2.33 bits per heavy atom. The quantitative estimate of drug-likeness (QED) is 0.595. The molecule has 2 aromatic carbocycles. The van der Waals surface area contributed by atoms with Crippen LogP contribution >= 0.6 is 0 Å². The third kappa shape index (κ3) is 7.81. The molecule has 2 N–H and O–H groups in total. The molecule has 0 atom stereocenters. The van der Waals surface area contributed by atoms with Crippen LogP contribution < -0.4 is 20.1 Å². The number of amides is 2. The lowest BCUT2D eigenvalue weighted by Gasteiger charge is -2.13. The molecule has 144 valence electrons. The molecule has 0 fully saturated rings. The first kappa shape index (κ1) is 20.3. The molecule has 0 saturated carbocycles. The minimum absolute atomic E-state index is 0.0977. The largest absolute Gasteiger partial charge is 0.484 e. The van der Waals surface area contributed by atoms with Gasteiger partial charge in [0, 0.05) is 6.54 Å². The van der Waals surface area contributed by atoms with Gasteiger partial charge in [-0.2, -0.15) is 0 Å². The van der Waals surface area contributed by atoms with Gasteiger partial charge in [0.2, 0.25) is 0 Å². The van der Waals surface area contributed by atoms with Crippen LogP contribution in [0.15, 0.2) is 54.6 Å². The van der Waals surface area contributed by atoms with Crippen molar-refractivity contribution < 1.29 is 19.1 Å². The van der Waals surface area contributed by atoms with E-state index in [2.05, 4.69) is 17.6 Å². The SMILES string of the molecule is CCCCCNC(=O)COc1ccccc1NC(=O)COc1ccccc1. The zero-order valence-electron chi connectivity index (χ0n) is 15.6. The Hall–Kier alpha value is -3.02. The predicted octanol–water partition coefficient (Wildman–Crippen LogP) is 3.39. The maximum absolute atomic E-state index is 12.1. The maximum atomic E-state index is 12.1. The molecule has 2 amide bonds. The molecule has 0 spiro atoms. The van der Waals surface area contributed by atoms with Crippen LogP contribution in [0.25, 0.3) is 0 Å². The summed E-state index contributed by atoms with van der Waals surface area (Å²) in [6, 6.07) is 16.1. The summed E-state index contributed by atoms with van der Waals surface area (Å²) in [6.07, 6.45) is 3.14. The lowest BCUT2D eigenvalue weighted by atomic mass is 10.2. The van der Waals surface area contributed by atoms with Gasteiger partial charge in [0.1, 0.15) is 11.5 Å². The second-order valence-corrected chi connectivity index (χ2v) is 5.99. The van der Waals surface area contributed by atoms with Crippen LogP contribution in [-0.4, -0.2) is 31.6 Å². The number of benzene rings is 2. The van der Waals surface area contributed by atoms with E-state index in [0.717, 1.165) is 19.3 Å². The van der Waals surface area contributed by atoms with Crippen LogP contribution in [-0.2, 0) is 9.59 Å². The summed E-state index contributed by atoms with van der Waals surface area (Å²) < 4.78 is 11.0. The lowest BCUT2D eigenvalue weighted by Crippen LogP contribution is -2.30. The molecule has 0 aliphatic carbocycles. The van der Waals surface area contributed by atoms with Gasteiger partial charge in [0.25, 0.3) is 11.8 Å². The van der Waals surface area contributed by atoms with E-state index < -0.39 is 0 Å². The molecule has 2 aromatic rings. The van der Waals surface area contributed by atoms with E-state index in [1.54, 1.807) is 36.4 Å². The summed E-state index contributed by atoms with van der Waals surface area (Å²) in [6.45, 7) is 2.54. The van der Waals surface area contributed by atoms with Crippen molar-refractivity contribution in [3.05, 3.63) is 54.6 Å². The Morgan fingerprint density at radius 2 is 1.56 bits per heavy atom. The predicted molar refractivity (Wildman–Crippen MR) is 105 cm³/mol. The molecule has 0 aliphatic rings. The van der Waals surface area contributed by atoms with Gasteiger partial charge in [0.15, 0.2) is 13.2 Å². The highest BCUT2D eigenvalue weighted by molar-refractivity contribution is 5.93. The molecule has 2 rings (SSSR count). The fraction of sp³-hybridized carbons (Fsp3) is 0.333. The van der Waals surface area contributed by atoms with Gasteiger partial charge >= 0.3 is 0 Å². The topological polar surface area (TPSA) is 76.7 Å². The summed E-state index contributed by atoms with van der Waals surface area (Å²) in [5, 5.41) is 5.56. The third-order valence-corrected chi connectivity index (χ3v) is 3.74. The second-order valence-electron chi connectivity index (χ2n) is 5.99. The Labute approximate surface area is 159 Å². The summed E-state index contributed by atoms with van der Waals surface area (Å²) in [7, 11) is 0. The number of anilines is 1. The molecule has 0 bridgehead atoms. The standard InChI is InChI=1S/C21H26N2O4/c1-2-3-9-14-22-20(24)15-27-19-13-8-7-12-18(19)23-21(25)16-26-17-10-5-4-6-11-17/h4-8,10-13H,2-3,9,14-16H2,1H3,(H,22,24)(H,23,25). The molecule has 0 radical (unpaired) electrons. The smallest absolute Gasteiger partial charge is 0.262 e. The Kier molecular flexibility index (Phi) is 8.69. The third-order valence-electron chi connectivity index (χ3n) is 3.74. The lowest BCUT2D eigenvalue weighted by molar-refractivity contribution is -0.123. The van der Waals surface area contributed by atoms with Crippen LogP contribution in [0.1, 0.15) is 26.2 Å². The molecule has 0 unspecified atom stereocenters. The van der Waals surface area contributed by atoms with Crippen molar-refractivity contribution in [3.8, 4) is 11.5 Å². The minimum Gasteiger partial charge on any atom is -0.484 e. The number of hydrogen-bond donors (Lipinski definition) is 2. The first-order valence-electron chi connectivity index (χ1n) is 9.15. The fourth-order valence-electron chi connectivity index (χ4n) is 2.34. The van der Waals surface area contributed by atoms with Crippen LogP contribution in [0.5, 0.6) is 11.5 Å². The van der Waals surface area contributed by atoms with Crippen molar-refractivity contribution in [1.29, 1.82) is 0 Å². The average Bonchev–Trinajstić information content (AvgIpc) is 2.70. The molecule has 0 aromatic heterocycles. The van der Waals surface area contributed by atoms with Crippen molar-refractivity contribution in [3.63, 3.8) is 0 Å². The monoisotopic (exact) mass is 370 g/mol. The summed E-state index contributed by atoms with van der Waals surface area (Å²) in [5.74, 6) is 0.574. The van der Waals surface area contributed by atoms with Crippen molar-refractivity contribution in [2.45, 2.75) is 26.2 Å². The molecule has 27 heavy (non-hydrogen) atoms. The van der Waals surface area contributed by atoms with Crippen LogP contribution in [0.4, 0.5) is 5.69 Å². The molecule has 0 aliphatic heterocycles. The number of carbonyl (C=O) groups is 2. The number of unbranched alkanes of at least 4 members (excludes halogenated alkanes) is 2. The van der Waals surface area contributed by atoms with Crippen molar-refractivity contribution in [2.24, 2.45) is 0 Å². The Bertz CT molecular complexity index is 719. The minimum atomic E-state index is -0.307. The number of ether oxygens (including phenoxy) is 2. The van der Waals surface area contributed by atoms with Crippen LogP contribution in [0.3, 0.4) is 0 Å². The highest BCUT2D eigenvalue weighted by Crippen LogP contribution is 2.23. The Balaban J connectivity index is 1.80. The zero-order chi connectivity index (χ0) is 19.3. The van der Waals surface area contributed by atoms with E-state index in [9.17, 15) is 9.59 Å². The van der Waals surface area contributed by atoms with E-state index >= 15 is 0 Å². The molecule has 0 heterocycles. The van der Waals surface area contributed by atoms with Gasteiger partial charge in [-0.15, -0.1) is 0 Å². The zero-order valence-corrected chi connectivity index (χ0v) is 15.6. The number of nitrogens with one attached hydrogen (secondary N) is 2. The summed E-state index contributed by atoms with van der Waals surface area (Å²) in [4.78, 5) is 23.9. The summed E-state index contributed by atoms with van der Waals surface area (Å²) in [5.41, 5.74) is 0.498. The van der Waals surface area contributed by atoms with Gasteiger partial charge in [0.05, 0.1) is 5.69 Å². The molecule has 6 heteroatoms. The van der Waals surface area contributed by atoms with Crippen LogP contribution in [0.2, 0.25) is 0 Å². The van der Waals surface area contributed by atoms with E-state index in [0.29, 0.717) is 23.7 Å². The average molecular weight is 370 g/mol. The summed E-state index contributed by atoms with van der Waals surface area (Å²) >= 11 is 0. The van der Waals surface area contributed by atoms with E-state index in [4.69, 9.17) is 9.47 Å². The van der Waals surface area contributed by atoms with Crippen molar-refractivity contribution in [1.82, 2.24) is 5.32 Å². The van der Waals surface area contributed by atoms with Gasteiger partial charge < -0.3 is 20.1 Å². The fourth-order valence-corrected chi connectivity index (χ4v) is 2.34. The van der Waals surface area contributed by atoms with Gasteiger partial charge in [-0.25, -0.2) is 0 Å². The Morgan fingerprint density at radius 1 is 0.852 bits per heavy atom. The van der Waals surface area contributed by atoms with Crippen molar-refractivity contribution >= 4 is 17.5 Å². The molecular formula is C21H26N2O4. The van der Waals surface area contributed by atoms with E-state index in [1.807, 2.05) is 18.2 Å². The molecular weight excluding hydrogens is 344 g/mol. The number of carbonyl (C=O) groups excluding carboxylic acids is 2. The maximum Gasteiger partial charge on any atom is 0.262 e. The first-order chi connectivity index (χ1) is 13.2. The number of rotatable bonds is 11. The normalized spacial score (nSPS) is 10.1. The van der Waals surface area contributed by atoms with E-state index in [-0.39, 0.29) is 25.0 Å². The van der Waals surface area contributed by atoms with Gasteiger partial charge in [-0.1, -0.05) is 50.1 Å².